The molecular formula is C22H26N4O4S2. The van der Waals surface area contributed by atoms with E-state index in [4.69, 9.17) is 4.74 Å². The van der Waals surface area contributed by atoms with Gasteiger partial charge in [-0.05, 0) is 56.9 Å². The fourth-order valence-corrected chi connectivity index (χ4v) is 6.44. The Bertz CT molecular complexity index is 1250. The van der Waals surface area contributed by atoms with Gasteiger partial charge in [-0.25, -0.2) is 23.2 Å². The van der Waals surface area contributed by atoms with E-state index < -0.39 is 10.0 Å². The largest absolute Gasteiger partial charge is 0.462 e. The van der Waals surface area contributed by atoms with Crippen LogP contribution in [-0.4, -0.2) is 48.4 Å². The van der Waals surface area contributed by atoms with Gasteiger partial charge in [0.05, 0.1) is 16.9 Å². The van der Waals surface area contributed by atoms with Gasteiger partial charge in [0.2, 0.25) is 10.0 Å². The summed E-state index contributed by atoms with van der Waals surface area (Å²) in [4.78, 5) is 22.9. The first-order valence-corrected chi connectivity index (χ1v) is 12.8. The Kier molecular flexibility index (Phi) is 6.45. The molecule has 0 saturated carbocycles. The van der Waals surface area contributed by atoms with Crippen molar-refractivity contribution in [3.8, 4) is 0 Å². The third kappa shape index (κ3) is 4.35. The number of fused-ring (bicyclic) bond motifs is 1. The predicted octanol–water partition coefficient (Wildman–Crippen LogP) is 3.88. The highest BCUT2D eigenvalue weighted by atomic mass is 32.2. The third-order valence-electron chi connectivity index (χ3n) is 5.45. The van der Waals surface area contributed by atoms with Gasteiger partial charge in [0.15, 0.2) is 0 Å². The predicted molar refractivity (Wildman–Crippen MR) is 125 cm³/mol. The van der Waals surface area contributed by atoms with Gasteiger partial charge in [-0.15, -0.1) is 11.3 Å². The van der Waals surface area contributed by atoms with Crippen molar-refractivity contribution in [3.05, 3.63) is 46.1 Å². The quantitative estimate of drug-likeness (QED) is 0.519. The lowest BCUT2D eigenvalue weighted by molar-refractivity contribution is 0.0531. The van der Waals surface area contributed by atoms with E-state index in [-0.39, 0.29) is 5.97 Å². The molecule has 10 heteroatoms. The molecule has 4 rings (SSSR count). The number of ether oxygens (including phenoxy) is 1. The highest BCUT2D eigenvalue weighted by Crippen LogP contribution is 2.34. The fraction of sp³-hybridized carbons (Fsp3) is 0.409. The summed E-state index contributed by atoms with van der Waals surface area (Å²) in [5, 5.41) is 4.13. The Morgan fingerprint density at radius 3 is 2.50 bits per heavy atom. The van der Waals surface area contributed by atoms with Gasteiger partial charge in [-0.1, -0.05) is 12.1 Å². The van der Waals surface area contributed by atoms with Crippen LogP contribution in [0.4, 0.5) is 5.82 Å². The van der Waals surface area contributed by atoms with Gasteiger partial charge in [0.25, 0.3) is 0 Å². The highest BCUT2D eigenvalue weighted by Gasteiger charge is 2.27. The van der Waals surface area contributed by atoms with Crippen LogP contribution in [0.2, 0.25) is 0 Å². The van der Waals surface area contributed by atoms with E-state index in [1.807, 2.05) is 26.0 Å². The van der Waals surface area contributed by atoms with Crippen LogP contribution in [0, 0.1) is 13.8 Å². The molecule has 0 unspecified atom stereocenters. The van der Waals surface area contributed by atoms with Gasteiger partial charge < -0.3 is 10.1 Å². The molecule has 170 valence electrons. The van der Waals surface area contributed by atoms with Crippen LogP contribution < -0.4 is 5.32 Å². The van der Waals surface area contributed by atoms with Gasteiger partial charge in [-0.3, -0.25) is 0 Å². The van der Waals surface area contributed by atoms with Crippen molar-refractivity contribution in [3.63, 3.8) is 0 Å². The normalized spacial score (nSPS) is 14.7. The van der Waals surface area contributed by atoms with E-state index >= 15 is 0 Å². The lowest BCUT2D eigenvalue weighted by Crippen LogP contribution is -2.27. The number of carbonyl (C=O) groups excluding carboxylic acids is 1. The van der Waals surface area contributed by atoms with Crippen molar-refractivity contribution in [2.75, 3.05) is 25.0 Å². The summed E-state index contributed by atoms with van der Waals surface area (Å²) in [6.45, 7) is 7.39. The van der Waals surface area contributed by atoms with Crippen molar-refractivity contribution in [1.29, 1.82) is 0 Å². The maximum absolute atomic E-state index is 12.7. The number of esters is 1. The maximum atomic E-state index is 12.7. The summed E-state index contributed by atoms with van der Waals surface area (Å²) in [5.41, 5.74) is 1.71. The van der Waals surface area contributed by atoms with Crippen molar-refractivity contribution in [2.24, 2.45) is 0 Å². The zero-order valence-electron chi connectivity index (χ0n) is 18.3. The molecule has 2 aromatic heterocycles. The second-order valence-electron chi connectivity index (χ2n) is 7.68. The lowest BCUT2D eigenvalue weighted by Gasteiger charge is -2.15. The molecule has 1 aromatic carbocycles. The van der Waals surface area contributed by atoms with Gasteiger partial charge in [0, 0.05) is 19.6 Å². The zero-order valence-corrected chi connectivity index (χ0v) is 20.0. The zero-order chi connectivity index (χ0) is 22.9. The molecule has 8 nitrogen and oxygen atoms in total. The molecule has 0 bridgehead atoms. The van der Waals surface area contributed by atoms with Crippen LogP contribution in [0.5, 0.6) is 0 Å². The van der Waals surface area contributed by atoms with E-state index in [0.717, 1.165) is 34.2 Å². The Hall–Kier alpha value is -2.56. The summed E-state index contributed by atoms with van der Waals surface area (Å²) >= 11 is 1.30. The van der Waals surface area contributed by atoms with Gasteiger partial charge >= 0.3 is 5.97 Å². The number of aromatic nitrogens is 2. The number of nitrogens with zero attached hydrogens (tertiary/aromatic N) is 3. The summed E-state index contributed by atoms with van der Waals surface area (Å²) in [5.74, 6) is 0.890. The van der Waals surface area contributed by atoms with Gasteiger partial charge in [0.1, 0.15) is 21.3 Å². The molecule has 3 heterocycles. The Morgan fingerprint density at radius 2 is 1.84 bits per heavy atom. The monoisotopic (exact) mass is 474 g/mol. The van der Waals surface area contributed by atoms with Crippen LogP contribution in [-0.2, 0) is 21.3 Å². The number of aryl methyl sites for hydroxylation is 2. The Morgan fingerprint density at radius 1 is 1.16 bits per heavy atom. The lowest BCUT2D eigenvalue weighted by atomic mass is 10.2. The standard InChI is InChI=1S/C22H26N4O4S2/c1-4-30-22(27)19-14(2)18-20(24-15(3)25-21(18)31-19)23-13-16-7-9-17(10-8-16)32(28,29)26-11-5-6-12-26/h7-10H,4-6,11-13H2,1-3H3,(H,23,24,25). The number of thiophene rings is 1. The van der Waals surface area contributed by atoms with E-state index in [0.29, 0.717) is 47.7 Å². The van der Waals surface area contributed by atoms with Crippen molar-refractivity contribution in [1.82, 2.24) is 14.3 Å². The first kappa shape index (κ1) is 22.6. The molecule has 0 atom stereocenters. The van der Waals surface area contributed by atoms with Crippen LogP contribution >= 0.6 is 11.3 Å². The van der Waals surface area contributed by atoms with Crippen molar-refractivity contribution < 1.29 is 17.9 Å². The highest BCUT2D eigenvalue weighted by molar-refractivity contribution is 7.89. The number of carbonyl (C=O) groups is 1. The minimum Gasteiger partial charge on any atom is -0.462 e. The summed E-state index contributed by atoms with van der Waals surface area (Å²) < 4.78 is 32.1. The molecule has 32 heavy (non-hydrogen) atoms. The number of sulfonamides is 1. The summed E-state index contributed by atoms with van der Waals surface area (Å²) in [6, 6.07) is 6.93. The minimum absolute atomic E-state index is 0.311. The maximum Gasteiger partial charge on any atom is 0.348 e. The first-order valence-electron chi connectivity index (χ1n) is 10.6. The number of benzene rings is 1. The van der Waals surface area contributed by atoms with Crippen LogP contribution in [0.1, 0.15) is 46.4 Å². The SMILES string of the molecule is CCOC(=O)c1sc2nc(C)nc(NCc3ccc(S(=O)(=O)N4CCCC4)cc3)c2c1C. The fourth-order valence-electron chi connectivity index (χ4n) is 3.81. The molecule has 1 fully saturated rings. The second kappa shape index (κ2) is 9.13. The molecule has 1 N–H and O–H groups in total. The number of nitrogens with one attached hydrogen (secondary N) is 1. The summed E-state index contributed by atoms with van der Waals surface area (Å²) in [6.07, 6.45) is 1.82. The van der Waals surface area contributed by atoms with Crippen molar-refractivity contribution >= 4 is 43.4 Å². The van der Waals surface area contributed by atoms with E-state index in [9.17, 15) is 13.2 Å². The molecule has 1 aliphatic rings. The minimum atomic E-state index is -3.42. The van der Waals surface area contributed by atoms with Crippen LogP contribution in [0.15, 0.2) is 29.2 Å². The van der Waals surface area contributed by atoms with Crippen molar-refractivity contribution in [2.45, 2.75) is 45.1 Å². The average molecular weight is 475 g/mol. The molecule has 1 aliphatic heterocycles. The Labute approximate surface area is 191 Å². The van der Waals surface area contributed by atoms with E-state index in [1.165, 1.54) is 11.3 Å². The molecule has 0 amide bonds. The number of anilines is 1. The molecule has 0 spiro atoms. The number of hydrogen-bond acceptors (Lipinski definition) is 8. The molecule has 0 aliphatic carbocycles. The molecule has 0 radical (unpaired) electrons. The molecular weight excluding hydrogens is 448 g/mol. The van der Waals surface area contributed by atoms with E-state index in [1.54, 1.807) is 23.4 Å². The van der Waals surface area contributed by atoms with Crippen LogP contribution in [0.3, 0.4) is 0 Å². The molecule has 3 aromatic rings. The average Bonchev–Trinajstić information content (AvgIpc) is 3.41. The topological polar surface area (TPSA) is 101 Å². The van der Waals surface area contributed by atoms with E-state index in [2.05, 4.69) is 15.3 Å². The Balaban J connectivity index is 1.56. The third-order valence-corrected chi connectivity index (χ3v) is 8.53. The molecule has 1 saturated heterocycles. The van der Waals surface area contributed by atoms with Crippen LogP contribution in [0.25, 0.3) is 10.2 Å². The number of hydrogen-bond donors (Lipinski definition) is 1. The summed E-state index contributed by atoms with van der Waals surface area (Å²) in [7, 11) is -3.42. The second-order valence-corrected chi connectivity index (χ2v) is 10.6. The van der Waals surface area contributed by atoms with Gasteiger partial charge in [-0.2, -0.15) is 4.31 Å². The number of rotatable bonds is 7. The first-order chi connectivity index (χ1) is 15.3. The smallest absolute Gasteiger partial charge is 0.348 e.